The van der Waals surface area contributed by atoms with E-state index in [1.807, 2.05) is 32.0 Å². The zero-order valence-electron chi connectivity index (χ0n) is 10.9. The number of ether oxygens (including phenoxy) is 1. The normalized spacial score (nSPS) is 10.1. The largest absolute Gasteiger partial charge is 0.424 e. The standard InChI is InChI=1S/C14H12BrN3O/c1-8-4-12(5-9(2)13(8)15)19-14-17-10(3)6-11(7-16)18-14/h4-6H,1-3H3. The number of hydrogen-bond donors (Lipinski definition) is 0. The molecule has 0 aliphatic heterocycles. The van der Waals surface area contributed by atoms with Gasteiger partial charge in [-0.15, -0.1) is 0 Å². The van der Waals surface area contributed by atoms with E-state index in [4.69, 9.17) is 10.00 Å². The van der Waals surface area contributed by atoms with Crippen LogP contribution in [0.1, 0.15) is 22.5 Å². The summed E-state index contributed by atoms with van der Waals surface area (Å²) in [6, 6.07) is 7.59. The van der Waals surface area contributed by atoms with Crippen molar-refractivity contribution in [1.82, 2.24) is 9.97 Å². The number of hydrogen-bond acceptors (Lipinski definition) is 4. The van der Waals surface area contributed by atoms with Crippen molar-refractivity contribution in [3.63, 3.8) is 0 Å². The molecule has 0 fully saturated rings. The number of aromatic nitrogens is 2. The van der Waals surface area contributed by atoms with Crippen molar-refractivity contribution in [2.45, 2.75) is 20.8 Å². The first-order valence-electron chi connectivity index (χ1n) is 5.70. The minimum Gasteiger partial charge on any atom is -0.424 e. The topological polar surface area (TPSA) is 58.8 Å². The molecule has 1 heterocycles. The predicted octanol–water partition coefficient (Wildman–Crippen LogP) is 3.83. The molecule has 5 heteroatoms. The van der Waals surface area contributed by atoms with Gasteiger partial charge in [-0.3, -0.25) is 0 Å². The molecule has 1 aromatic heterocycles. The van der Waals surface area contributed by atoms with Crippen LogP contribution in [-0.4, -0.2) is 9.97 Å². The lowest BCUT2D eigenvalue weighted by Gasteiger charge is -2.09. The highest BCUT2D eigenvalue weighted by molar-refractivity contribution is 9.10. The highest BCUT2D eigenvalue weighted by Gasteiger charge is 2.07. The number of aryl methyl sites for hydroxylation is 3. The van der Waals surface area contributed by atoms with Gasteiger partial charge in [-0.1, -0.05) is 15.9 Å². The van der Waals surface area contributed by atoms with Gasteiger partial charge >= 0.3 is 6.01 Å². The summed E-state index contributed by atoms with van der Waals surface area (Å²) < 4.78 is 6.68. The van der Waals surface area contributed by atoms with Crippen LogP contribution in [0.2, 0.25) is 0 Å². The van der Waals surface area contributed by atoms with E-state index < -0.39 is 0 Å². The summed E-state index contributed by atoms with van der Waals surface area (Å²) in [6.45, 7) is 5.77. The van der Waals surface area contributed by atoms with Crippen LogP contribution in [0.5, 0.6) is 11.8 Å². The maximum Gasteiger partial charge on any atom is 0.323 e. The highest BCUT2D eigenvalue weighted by atomic mass is 79.9. The summed E-state index contributed by atoms with van der Waals surface area (Å²) in [7, 11) is 0. The molecular weight excluding hydrogens is 306 g/mol. The molecule has 2 rings (SSSR count). The summed E-state index contributed by atoms with van der Waals surface area (Å²) in [5.74, 6) is 0.660. The zero-order valence-corrected chi connectivity index (χ0v) is 12.4. The first-order chi connectivity index (χ1) is 8.99. The Labute approximate surface area is 120 Å². The van der Waals surface area contributed by atoms with Crippen molar-refractivity contribution in [3.05, 3.63) is 45.2 Å². The first kappa shape index (κ1) is 13.5. The summed E-state index contributed by atoms with van der Waals surface area (Å²) in [5.41, 5.74) is 3.14. The Bertz CT molecular complexity index is 654. The van der Waals surface area contributed by atoms with Gasteiger partial charge in [-0.25, -0.2) is 4.98 Å². The van der Waals surface area contributed by atoms with Gasteiger partial charge in [-0.05, 0) is 50.1 Å². The van der Waals surface area contributed by atoms with Crippen LogP contribution < -0.4 is 4.74 Å². The van der Waals surface area contributed by atoms with Crippen LogP contribution in [0.3, 0.4) is 0 Å². The number of nitriles is 1. The Hall–Kier alpha value is -1.93. The van der Waals surface area contributed by atoms with Crippen molar-refractivity contribution in [2.75, 3.05) is 0 Å². The van der Waals surface area contributed by atoms with Crippen LogP contribution in [0.25, 0.3) is 0 Å². The molecule has 0 aliphatic carbocycles. The van der Waals surface area contributed by atoms with Crippen molar-refractivity contribution in [3.8, 4) is 17.8 Å². The van der Waals surface area contributed by atoms with Crippen molar-refractivity contribution >= 4 is 15.9 Å². The number of nitrogens with zero attached hydrogens (tertiary/aromatic N) is 3. The molecule has 0 bridgehead atoms. The third-order valence-corrected chi connectivity index (χ3v) is 3.82. The minimum absolute atomic E-state index is 0.192. The SMILES string of the molecule is Cc1cc(C#N)nc(Oc2cc(C)c(Br)c(C)c2)n1. The van der Waals surface area contributed by atoms with Gasteiger partial charge < -0.3 is 4.74 Å². The Morgan fingerprint density at radius 1 is 1.11 bits per heavy atom. The molecule has 0 saturated heterocycles. The molecule has 1 aromatic carbocycles. The van der Waals surface area contributed by atoms with E-state index in [1.54, 1.807) is 13.0 Å². The average Bonchev–Trinajstić information content (AvgIpc) is 2.35. The van der Waals surface area contributed by atoms with Gasteiger partial charge in [0.15, 0.2) is 0 Å². The molecule has 0 spiro atoms. The van der Waals surface area contributed by atoms with E-state index in [2.05, 4.69) is 25.9 Å². The van der Waals surface area contributed by atoms with Crippen molar-refractivity contribution in [2.24, 2.45) is 0 Å². The van der Waals surface area contributed by atoms with E-state index in [9.17, 15) is 0 Å². The molecular formula is C14H12BrN3O. The lowest BCUT2D eigenvalue weighted by Crippen LogP contribution is -1.97. The van der Waals surface area contributed by atoms with Gasteiger partial charge in [0.05, 0.1) is 0 Å². The van der Waals surface area contributed by atoms with Crippen LogP contribution in [0, 0.1) is 32.1 Å². The molecule has 2 aromatic rings. The molecule has 0 amide bonds. The Morgan fingerprint density at radius 2 is 1.74 bits per heavy atom. The third-order valence-electron chi connectivity index (χ3n) is 2.57. The molecule has 0 radical (unpaired) electrons. The second-order valence-electron chi connectivity index (χ2n) is 4.26. The number of benzene rings is 1. The van der Waals surface area contributed by atoms with Gasteiger partial charge in [0.2, 0.25) is 0 Å². The molecule has 0 aliphatic rings. The van der Waals surface area contributed by atoms with Crippen molar-refractivity contribution < 1.29 is 4.74 Å². The summed E-state index contributed by atoms with van der Waals surface area (Å²) in [5, 5.41) is 8.88. The molecule has 4 nitrogen and oxygen atoms in total. The second-order valence-corrected chi connectivity index (χ2v) is 5.06. The van der Waals surface area contributed by atoms with Crippen molar-refractivity contribution in [1.29, 1.82) is 5.26 Å². The Kier molecular flexibility index (Phi) is 3.82. The van der Waals surface area contributed by atoms with E-state index in [0.717, 1.165) is 15.6 Å². The van der Waals surface area contributed by atoms with E-state index in [-0.39, 0.29) is 6.01 Å². The molecule has 0 saturated carbocycles. The fraction of sp³-hybridized carbons (Fsp3) is 0.214. The van der Waals surface area contributed by atoms with Gasteiger partial charge in [0.1, 0.15) is 17.5 Å². The second kappa shape index (κ2) is 5.37. The number of rotatable bonds is 2. The monoisotopic (exact) mass is 317 g/mol. The summed E-state index contributed by atoms with van der Waals surface area (Å²) in [4.78, 5) is 8.19. The fourth-order valence-electron chi connectivity index (χ4n) is 1.71. The van der Waals surface area contributed by atoms with Crippen LogP contribution in [-0.2, 0) is 0 Å². The first-order valence-corrected chi connectivity index (χ1v) is 6.49. The highest BCUT2D eigenvalue weighted by Crippen LogP contribution is 2.28. The molecule has 0 atom stereocenters. The zero-order chi connectivity index (χ0) is 14.0. The smallest absolute Gasteiger partial charge is 0.323 e. The Balaban J connectivity index is 2.36. The quantitative estimate of drug-likeness (QED) is 0.844. The predicted molar refractivity (Wildman–Crippen MR) is 75.2 cm³/mol. The lowest BCUT2D eigenvalue weighted by atomic mass is 10.1. The van der Waals surface area contributed by atoms with Crippen LogP contribution >= 0.6 is 15.9 Å². The van der Waals surface area contributed by atoms with E-state index >= 15 is 0 Å². The molecule has 19 heavy (non-hydrogen) atoms. The third kappa shape index (κ3) is 3.09. The van der Waals surface area contributed by atoms with Crippen LogP contribution in [0.15, 0.2) is 22.7 Å². The Morgan fingerprint density at radius 3 is 2.32 bits per heavy atom. The molecule has 0 unspecified atom stereocenters. The summed E-state index contributed by atoms with van der Waals surface area (Å²) in [6.07, 6.45) is 0. The van der Waals surface area contributed by atoms with E-state index in [1.165, 1.54) is 0 Å². The minimum atomic E-state index is 0.192. The average molecular weight is 318 g/mol. The maximum atomic E-state index is 8.88. The van der Waals surface area contributed by atoms with E-state index in [0.29, 0.717) is 17.1 Å². The number of halogens is 1. The van der Waals surface area contributed by atoms with Gasteiger partial charge in [-0.2, -0.15) is 10.2 Å². The van der Waals surface area contributed by atoms with Gasteiger partial charge in [0, 0.05) is 10.2 Å². The molecule has 0 N–H and O–H groups in total. The molecule has 96 valence electrons. The summed E-state index contributed by atoms with van der Waals surface area (Å²) >= 11 is 3.50. The fourth-order valence-corrected chi connectivity index (χ4v) is 1.94. The maximum absolute atomic E-state index is 8.88. The lowest BCUT2D eigenvalue weighted by molar-refractivity contribution is 0.439. The van der Waals surface area contributed by atoms with Crippen LogP contribution in [0.4, 0.5) is 0 Å². The van der Waals surface area contributed by atoms with Gasteiger partial charge in [0.25, 0.3) is 0 Å².